The van der Waals surface area contributed by atoms with Crippen molar-refractivity contribution in [1.29, 1.82) is 0 Å². The van der Waals surface area contributed by atoms with E-state index in [2.05, 4.69) is 55.5 Å². The third kappa shape index (κ3) is 5.01. The molecule has 6 aromatic rings. The minimum Gasteiger partial charge on any atom is -0.354 e. The summed E-state index contributed by atoms with van der Waals surface area (Å²) in [7, 11) is 0. The summed E-state index contributed by atoms with van der Waals surface area (Å²) < 4.78 is 0. The Morgan fingerprint density at radius 2 is 1.54 bits per heavy atom. The van der Waals surface area contributed by atoms with Crippen LogP contribution in [0.2, 0.25) is 0 Å². The minimum absolute atomic E-state index is 0.187. The molecule has 0 unspecified atom stereocenters. The lowest BCUT2D eigenvalue weighted by molar-refractivity contribution is -0.386. The van der Waals surface area contributed by atoms with Crippen LogP contribution in [0.25, 0.3) is 44.7 Å². The van der Waals surface area contributed by atoms with E-state index in [0.29, 0.717) is 28.2 Å². The van der Waals surface area contributed by atoms with E-state index in [1.54, 1.807) is 6.20 Å². The van der Waals surface area contributed by atoms with Gasteiger partial charge < -0.3 is 11.1 Å². The van der Waals surface area contributed by atoms with Crippen LogP contribution < -0.4 is 11.1 Å². The number of fused-ring (bicyclic) bond motifs is 1. The fraction of sp³-hybridized carbons (Fsp3) is 0.0645. The van der Waals surface area contributed by atoms with Crippen LogP contribution in [0.3, 0.4) is 0 Å². The Labute approximate surface area is 225 Å². The first-order chi connectivity index (χ1) is 19.2. The molecular formula is C31H26N7O+. The third-order valence-electron chi connectivity index (χ3n) is 6.54. The SMILES string of the molecule is [NH3+]Cc1ccc(-c2nc3ccnc(C(=O)NCc4nc(-c5ccccc5)n[nH]4)c3cc2-c2ccccc2)cc1. The number of carbonyl (C=O) groups is 1. The number of nitrogens with zero attached hydrogens (tertiary/aromatic N) is 4. The number of nitrogens with one attached hydrogen (secondary N) is 2. The molecule has 0 radical (unpaired) electrons. The predicted octanol–water partition coefficient (Wildman–Crippen LogP) is 4.42. The second kappa shape index (κ2) is 10.6. The monoisotopic (exact) mass is 512 g/mol. The number of carbonyl (C=O) groups excluding carboxylic acids is 1. The molecule has 5 N–H and O–H groups in total. The van der Waals surface area contributed by atoms with Crippen LogP contribution >= 0.6 is 0 Å². The van der Waals surface area contributed by atoms with E-state index in [1.807, 2.05) is 72.8 Å². The average Bonchev–Trinajstić information content (AvgIpc) is 3.49. The summed E-state index contributed by atoms with van der Waals surface area (Å²) >= 11 is 0. The highest BCUT2D eigenvalue weighted by molar-refractivity contribution is 6.06. The molecule has 0 bridgehead atoms. The molecule has 0 saturated carbocycles. The van der Waals surface area contributed by atoms with Gasteiger partial charge in [-0.05, 0) is 17.7 Å². The number of hydrogen-bond donors (Lipinski definition) is 3. The van der Waals surface area contributed by atoms with Crippen LogP contribution in [0.15, 0.2) is 103 Å². The van der Waals surface area contributed by atoms with Crippen molar-refractivity contribution < 1.29 is 10.5 Å². The van der Waals surface area contributed by atoms with Crippen LogP contribution in [0.5, 0.6) is 0 Å². The first-order valence-electron chi connectivity index (χ1n) is 12.7. The van der Waals surface area contributed by atoms with Crippen LogP contribution in [0.1, 0.15) is 21.9 Å². The van der Waals surface area contributed by atoms with Crippen molar-refractivity contribution in [3.63, 3.8) is 0 Å². The number of quaternary nitrogens is 1. The highest BCUT2D eigenvalue weighted by Crippen LogP contribution is 2.34. The molecule has 3 heterocycles. The van der Waals surface area contributed by atoms with Gasteiger partial charge >= 0.3 is 0 Å². The van der Waals surface area contributed by atoms with Gasteiger partial charge in [0.1, 0.15) is 11.5 Å². The second-order valence-corrected chi connectivity index (χ2v) is 9.08. The largest absolute Gasteiger partial charge is 0.354 e. The number of aromatic amines is 1. The summed E-state index contributed by atoms with van der Waals surface area (Å²) in [4.78, 5) is 27.3. The maximum Gasteiger partial charge on any atom is 0.270 e. The van der Waals surface area contributed by atoms with Gasteiger partial charge in [-0.25, -0.2) is 9.97 Å². The van der Waals surface area contributed by atoms with Gasteiger partial charge in [0.25, 0.3) is 5.91 Å². The number of benzene rings is 3. The van der Waals surface area contributed by atoms with Gasteiger partial charge in [0.15, 0.2) is 5.82 Å². The molecule has 190 valence electrons. The first-order valence-corrected chi connectivity index (χ1v) is 12.7. The summed E-state index contributed by atoms with van der Waals surface area (Å²) in [5.41, 5.74) is 10.8. The Morgan fingerprint density at radius 1 is 0.821 bits per heavy atom. The van der Waals surface area contributed by atoms with Crippen molar-refractivity contribution in [3.05, 3.63) is 120 Å². The minimum atomic E-state index is -0.313. The normalized spacial score (nSPS) is 11.0. The maximum atomic E-state index is 13.3. The smallest absolute Gasteiger partial charge is 0.270 e. The van der Waals surface area contributed by atoms with Crippen molar-refractivity contribution in [2.75, 3.05) is 0 Å². The van der Waals surface area contributed by atoms with Crippen molar-refractivity contribution in [3.8, 4) is 33.8 Å². The summed E-state index contributed by atoms with van der Waals surface area (Å²) in [6.45, 7) is 0.912. The van der Waals surface area contributed by atoms with E-state index in [1.165, 1.54) is 0 Å². The molecule has 0 saturated heterocycles. The highest BCUT2D eigenvalue weighted by Gasteiger charge is 2.18. The Kier molecular flexibility index (Phi) is 6.59. The van der Waals surface area contributed by atoms with E-state index in [0.717, 1.165) is 40.1 Å². The standard InChI is InChI=1S/C31H25N7O/c32-18-20-11-13-22(14-12-20)28-24(21-7-3-1-4-8-21)17-25-26(35-28)15-16-33-29(25)31(39)34-19-27-36-30(38-37-27)23-9-5-2-6-10-23/h1-17H,18-19,32H2,(H,34,39)(H,36,37,38)/p+1. The van der Waals surface area contributed by atoms with E-state index in [-0.39, 0.29) is 12.5 Å². The molecule has 3 aromatic heterocycles. The predicted molar refractivity (Wildman–Crippen MR) is 150 cm³/mol. The second-order valence-electron chi connectivity index (χ2n) is 9.08. The molecule has 8 heteroatoms. The first kappa shape index (κ1) is 24.1. The molecule has 0 fully saturated rings. The van der Waals surface area contributed by atoms with Gasteiger partial charge in [0, 0.05) is 33.8 Å². The molecule has 0 spiro atoms. The van der Waals surface area contributed by atoms with E-state index in [9.17, 15) is 4.79 Å². The molecule has 0 atom stereocenters. The van der Waals surface area contributed by atoms with Crippen LogP contribution in [-0.4, -0.2) is 31.1 Å². The summed E-state index contributed by atoms with van der Waals surface area (Å²) in [5.74, 6) is 0.820. The van der Waals surface area contributed by atoms with Gasteiger partial charge in [-0.1, -0.05) is 84.9 Å². The molecule has 39 heavy (non-hydrogen) atoms. The zero-order valence-corrected chi connectivity index (χ0v) is 21.1. The Bertz CT molecular complexity index is 1750. The fourth-order valence-corrected chi connectivity index (χ4v) is 4.50. The lowest BCUT2D eigenvalue weighted by atomic mass is 9.96. The van der Waals surface area contributed by atoms with Crippen molar-refractivity contribution >= 4 is 16.8 Å². The van der Waals surface area contributed by atoms with Crippen LogP contribution in [0.4, 0.5) is 0 Å². The van der Waals surface area contributed by atoms with Crippen molar-refractivity contribution in [2.24, 2.45) is 0 Å². The van der Waals surface area contributed by atoms with Gasteiger partial charge in [0.05, 0.1) is 24.3 Å². The number of aromatic nitrogens is 5. The molecular weight excluding hydrogens is 486 g/mol. The molecule has 8 nitrogen and oxygen atoms in total. The lowest BCUT2D eigenvalue weighted by Crippen LogP contribution is -2.47. The molecule has 3 aromatic carbocycles. The molecule has 0 aliphatic rings. The van der Waals surface area contributed by atoms with E-state index in [4.69, 9.17) is 4.98 Å². The zero-order chi connectivity index (χ0) is 26.6. The summed E-state index contributed by atoms with van der Waals surface area (Å²) in [5, 5.41) is 10.8. The fourth-order valence-electron chi connectivity index (χ4n) is 4.50. The van der Waals surface area contributed by atoms with E-state index >= 15 is 0 Å². The molecule has 6 rings (SSSR count). The number of hydrogen-bond acceptors (Lipinski definition) is 5. The van der Waals surface area contributed by atoms with E-state index < -0.39 is 0 Å². The Hall–Kier alpha value is -5.21. The van der Waals surface area contributed by atoms with Gasteiger partial charge in [-0.15, -0.1) is 0 Å². The maximum absolute atomic E-state index is 13.3. The van der Waals surface area contributed by atoms with Gasteiger partial charge in [0.2, 0.25) is 0 Å². The van der Waals surface area contributed by atoms with Crippen LogP contribution in [-0.2, 0) is 13.1 Å². The number of amides is 1. The molecule has 1 amide bonds. The number of H-pyrrole nitrogens is 1. The number of rotatable bonds is 7. The lowest BCUT2D eigenvalue weighted by Gasteiger charge is -2.13. The third-order valence-corrected chi connectivity index (χ3v) is 6.54. The highest BCUT2D eigenvalue weighted by atomic mass is 16.1. The quantitative estimate of drug-likeness (QED) is 0.292. The topological polar surface area (TPSA) is 124 Å². The van der Waals surface area contributed by atoms with Crippen molar-refractivity contribution in [2.45, 2.75) is 13.1 Å². The number of pyridine rings is 2. The van der Waals surface area contributed by atoms with Crippen molar-refractivity contribution in [1.82, 2.24) is 30.5 Å². The van der Waals surface area contributed by atoms with Gasteiger partial charge in [-0.3, -0.25) is 14.9 Å². The zero-order valence-electron chi connectivity index (χ0n) is 21.1. The average molecular weight is 513 g/mol. The summed E-state index contributed by atoms with van der Waals surface area (Å²) in [6, 6.07) is 31.8. The van der Waals surface area contributed by atoms with Crippen LogP contribution in [0, 0.1) is 0 Å². The Morgan fingerprint density at radius 3 is 2.26 bits per heavy atom. The summed E-state index contributed by atoms with van der Waals surface area (Å²) in [6.07, 6.45) is 1.62. The molecule has 0 aliphatic carbocycles. The Balaban J connectivity index is 1.34. The van der Waals surface area contributed by atoms with Gasteiger partial charge in [-0.2, -0.15) is 5.10 Å². The molecule has 0 aliphatic heterocycles.